The van der Waals surface area contributed by atoms with Crippen LogP contribution < -0.4 is 15.8 Å². The highest BCUT2D eigenvalue weighted by molar-refractivity contribution is 9.10. The number of hydrogen-bond donors (Lipinski definition) is 2. The van der Waals surface area contributed by atoms with Gasteiger partial charge < -0.3 is 15.8 Å². The maximum atomic E-state index is 12.3. The average molecular weight is 349 g/mol. The minimum atomic E-state index is -0.619. The minimum Gasteiger partial charge on any atom is -0.496 e. The van der Waals surface area contributed by atoms with Crippen LogP contribution in [-0.2, 0) is 0 Å². The largest absolute Gasteiger partial charge is 0.496 e. The lowest BCUT2D eigenvalue weighted by Gasteiger charge is -2.11. The Balaban J connectivity index is 2.34. The molecule has 0 atom stereocenters. The second-order valence-electron chi connectivity index (χ2n) is 4.21. The molecular formula is C15H13BrN2O3. The van der Waals surface area contributed by atoms with E-state index in [9.17, 15) is 9.59 Å². The van der Waals surface area contributed by atoms with Crippen molar-refractivity contribution in [2.75, 3.05) is 12.4 Å². The van der Waals surface area contributed by atoms with Crippen molar-refractivity contribution in [2.45, 2.75) is 0 Å². The van der Waals surface area contributed by atoms with E-state index in [0.29, 0.717) is 21.5 Å². The number of anilines is 1. The van der Waals surface area contributed by atoms with Crippen molar-refractivity contribution in [1.29, 1.82) is 0 Å². The van der Waals surface area contributed by atoms with Gasteiger partial charge in [-0.2, -0.15) is 0 Å². The van der Waals surface area contributed by atoms with Gasteiger partial charge in [0.25, 0.3) is 11.8 Å². The van der Waals surface area contributed by atoms with E-state index in [4.69, 9.17) is 10.5 Å². The lowest BCUT2D eigenvalue weighted by atomic mass is 10.1. The molecule has 6 heteroatoms. The first-order valence-corrected chi connectivity index (χ1v) is 6.86. The van der Waals surface area contributed by atoms with Gasteiger partial charge in [0.15, 0.2) is 0 Å². The Bertz CT molecular complexity index is 701. The van der Waals surface area contributed by atoms with Crippen LogP contribution in [0.3, 0.4) is 0 Å². The first-order valence-electron chi connectivity index (χ1n) is 6.06. The normalized spacial score (nSPS) is 10.0. The molecule has 21 heavy (non-hydrogen) atoms. The van der Waals surface area contributed by atoms with Crippen molar-refractivity contribution >= 4 is 33.4 Å². The Kier molecular flexibility index (Phi) is 4.59. The number of amides is 2. The van der Waals surface area contributed by atoms with Crippen LogP contribution in [0.25, 0.3) is 0 Å². The van der Waals surface area contributed by atoms with Crippen LogP contribution in [0.4, 0.5) is 5.69 Å². The summed E-state index contributed by atoms with van der Waals surface area (Å²) in [6.07, 6.45) is 0. The van der Waals surface area contributed by atoms with Gasteiger partial charge in [0.05, 0.1) is 23.9 Å². The van der Waals surface area contributed by atoms with E-state index >= 15 is 0 Å². The third-order valence-corrected chi connectivity index (χ3v) is 3.34. The Labute approximate surface area is 130 Å². The predicted molar refractivity (Wildman–Crippen MR) is 83.6 cm³/mol. The maximum absolute atomic E-state index is 12.3. The van der Waals surface area contributed by atoms with E-state index in [2.05, 4.69) is 21.2 Å². The number of ether oxygens (including phenoxy) is 1. The molecule has 0 aliphatic carbocycles. The summed E-state index contributed by atoms with van der Waals surface area (Å²) in [6.45, 7) is 0. The number of primary amides is 1. The molecule has 5 nitrogen and oxygen atoms in total. The highest BCUT2D eigenvalue weighted by atomic mass is 79.9. The molecule has 108 valence electrons. The van der Waals surface area contributed by atoms with Crippen molar-refractivity contribution < 1.29 is 14.3 Å². The fourth-order valence-electron chi connectivity index (χ4n) is 1.85. The molecule has 0 aromatic heterocycles. The summed E-state index contributed by atoms with van der Waals surface area (Å²) < 4.78 is 5.84. The van der Waals surface area contributed by atoms with Crippen LogP contribution in [0.5, 0.6) is 5.75 Å². The van der Waals surface area contributed by atoms with E-state index in [0.717, 1.165) is 0 Å². The summed E-state index contributed by atoms with van der Waals surface area (Å²) in [4.78, 5) is 23.7. The lowest BCUT2D eigenvalue weighted by Crippen LogP contribution is -2.18. The molecule has 2 amide bonds. The summed E-state index contributed by atoms with van der Waals surface area (Å²) in [5.41, 5.74) is 6.27. The quantitative estimate of drug-likeness (QED) is 0.891. The van der Waals surface area contributed by atoms with Crippen molar-refractivity contribution in [2.24, 2.45) is 5.73 Å². The summed E-state index contributed by atoms with van der Waals surface area (Å²) in [6, 6.07) is 11.7. The Hall–Kier alpha value is -2.34. The number of halogens is 1. The van der Waals surface area contributed by atoms with Crippen LogP contribution in [0, 0.1) is 0 Å². The molecule has 0 fully saturated rings. The van der Waals surface area contributed by atoms with Crippen molar-refractivity contribution in [1.82, 2.24) is 0 Å². The van der Waals surface area contributed by atoms with Crippen LogP contribution >= 0.6 is 15.9 Å². The average Bonchev–Trinajstić information content (AvgIpc) is 2.48. The van der Waals surface area contributed by atoms with Gasteiger partial charge in [0, 0.05) is 4.47 Å². The van der Waals surface area contributed by atoms with Crippen molar-refractivity contribution in [3.05, 3.63) is 58.1 Å². The highest BCUT2D eigenvalue weighted by Gasteiger charge is 2.15. The van der Waals surface area contributed by atoms with Crippen molar-refractivity contribution in [3.8, 4) is 5.75 Å². The van der Waals surface area contributed by atoms with Crippen LogP contribution in [0.2, 0.25) is 0 Å². The van der Waals surface area contributed by atoms with E-state index < -0.39 is 5.91 Å². The smallest absolute Gasteiger partial charge is 0.259 e. The van der Waals surface area contributed by atoms with E-state index in [1.807, 2.05) is 0 Å². The molecular weight excluding hydrogens is 336 g/mol. The van der Waals surface area contributed by atoms with Gasteiger partial charge in [0.1, 0.15) is 5.75 Å². The SMILES string of the molecule is COc1ccccc1C(=O)Nc1ccc(Br)cc1C(N)=O. The number of para-hydroxylation sites is 1. The van der Waals surface area contributed by atoms with Gasteiger partial charge in [-0.1, -0.05) is 28.1 Å². The van der Waals surface area contributed by atoms with Gasteiger partial charge in [0.2, 0.25) is 0 Å². The Morgan fingerprint density at radius 2 is 1.86 bits per heavy atom. The second kappa shape index (κ2) is 6.41. The molecule has 0 saturated carbocycles. The molecule has 0 aliphatic rings. The third-order valence-electron chi connectivity index (χ3n) is 2.85. The fraction of sp³-hybridized carbons (Fsp3) is 0.0667. The molecule has 2 aromatic carbocycles. The number of nitrogens with two attached hydrogens (primary N) is 1. The first-order chi connectivity index (χ1) is 10.0. The summed E-state index contributed by atoms with van der Waals surface area (Å²) in [5, 5.41) is 2.67. The molecule has 0 unspecified atom stereocenters. The standard InChI is InChI=1S/C15H13BrN2O3/c1-21-13-5-3-2-4-10(13)15(20)18-12-7-6-9(16)8-11(12)14(17)19/h2-8H,1H3,(H2,17,19)(H,18,20). The maximum Gasteiger partial charge on any atom is 0.259 e. The number of nitrogens with one attached hydrogen (secondary N) is 1. The molecule has 0 aliphatic heterocycles. The van der Waals surface area contributed by atoms with Gasteiger partial charge in [-0.15, -0.1) is 0 Å². The first kappa shape index (κ1) is 15.1. The summed E-state index contributed by atoms with van der Waals surface area (Å²) in [7, 11) is 1.49. The molecule has 3 N–H and O–H groups in total. The predicted octanol–water partition coefficient (Wildman–Crippen LogP) is 2.81. The van der Waals surface area contributed by atoms with Gasteiger partial charge in [-0.3, -0.25) is 9.59 Å². The van der Waals surface area contributed by atoms with Crippen LogP contribution in [0.15, 0.2) is 46.9 Å². The summed E-state index contributed by atoms with van der Waals surface area (Å²) >= 11 is 3.26. The van der Waals surface area contributed by atoms with E-state index in [1.54, 1.807) is 42.5 Å². The number of carbonyl (C=O) groups is 2. The zero-order chi connectivity index (χ0) is 15.4. The van der Waals surface area contributed by atoms with Gasteiger partial charge in [-0.05, 0) is 30.3 Å². The topological polar surface area (TPSA) is 81.4 Å². The Morgan fingerprint density at radius 3 is 2.52 bits per heavy atom. The van der Waals surface area contributed by atoms with Gasteiger partial charge in [-0.25, -0.2) is 0 Å². The zero-order valence-corrected chi connectivity index (χ0v) is 12.8. The van der Waals surface area contributed by atoms with Crippen LogP contribution in [0.1, 0.15) is 20.7 Å². The minimum absolute atomic E-state index is 0.229. The second-order valence-corrected chi connectivity index (χ2v) is 5.12. The summed E-state index contributed by atoms with van der Waals surface area (Å²) in [5.74, 6) is -0.545. The highest BCUT2D eigenvalue weighted by Crippen LogP contribution is 2.23. The molecule has 0 bridgehead atoms. The molecule has 2 rings (SSSR count). The molecule has 0 spiro atoms. The number of carbonyl (C=O) groups excluding carboxylic acids is 2. The molecule has 0 radical (unpaired) electrons. The molecule has 0 saturated heterocycles. The third kappa shape index (κ3) is 3.41. The number of hydrogen-bond acceptors (Lipinski definition) is 3. The van der Waals surface area contributed by atoms with Crippen molar-refractivity contribution in [3.63, 3.8) is 0 Å². The zero-order valence-electron chi connectivity index (χ0n) is 11.2. The Morgan fingerprint density at radius 1 is 1.14 bits per heavy atom. The number of benzene rings is 2. The lowest BCUT2D eigenvalue weighted by molar-refractivity contribution is 0.100. The van der Waals surface area contributed by atoms with E-state index in [1.165, 1.54) is 7.11 Å². The van der Waals surface area contributed by atoms with E-state index in [-0.39, 0.29) is 11.5 Å². The van der Waals surface area contributed by atoms with Gasteiger partial charge >= 0.3 is 0 Å². The monoisotopic (exact) mass is 348 g/mol. The molecule has 0 heterocycles. The number of methoxy groups -OCH3 is 1. The number of rotatable bonds is 4. The molecule has 2 aromatic rings. The van der Waals surface area contributed by atoms with Crippen LogP contribution in [-0.4, -0.2) is 18.9 Å². The fourth-order valence-corrected chi connectivity index (χ4v) is 2.21.